The molecule has 17 heavy (non-hydrogen) atoms. The average Bonchev–Trinajstić information content (AvgIpc) is 2.38. The van der Waals surface area contributed by atoms with E-state index in [4.69, 9.17) is 5.26 Å². The lowest BCUT2D eigenvalue weighted by Crippen LogP contribution is -2.39. The molecular formula is C13H13BrN2O. The topological polar surface area (TPSA) is 44.1 Å². The highest BCUT2D eigenvalue weighted by atomic mass is 79.9. The summed E-state index contributed by atoms with van der Waals surface area (Å²) in [4.78, 5) is 14.0. The molecule has 1 aliphatic heterocycles. The highest BCUT2D eigenvalue weighted by Gasteiger charge is 2.25. The molecule has 0 N–H and O–H groups in total. The maximum Gasteiger partial charge on any atom is 0.255 e. The van der Waals surface area contributed by atoms with E-state index in [2.05, 4.69) is 22.0 Å². The van der Waals surface area contributed by atoms with E-state index >= 15 is 0 Å². The first-order chi connectivity index (χ1) is 8.22. The van der Waals surface area contributed by atoms with E-state index in [1.807, 2.05) is 24.3 Å². The molecule has 1 aliphatic rings. The number of halogens is 1. The van der Waals surface area contributed by atoms with E-state index in [1.165, 1.54) is 0 Å². The van der Waals surface area contributed by atoms with Crippen molar-refractivity contribution in [2.24, 2.45) is 5.92 Å². The summed E-state index contributed by atoms with van der Waals surface area (Å²) in [5.41, 5.74) is 0.672. The van der Waals surface area contributed by atoms with Gasteiger partial charge in [-0.2, -0.15) is 5.26 Å². The Kier molecular flexibility index (Phi) is 3.80. The third-order valence-corrected chi connectivity index (χ3v) is 3.69. The van der Waals surface area contributed by atoms with Crippen LogP contribution < -0.4 is 0 Å². The van der Waals surface area contributed by atoms with E-state index in [1.54, 1.807) is 4.90 Å². The molecule has 0 radical (unpaired) electrons. The summed E-state index contributed by atoms with van der Waals surface area (Å²) in [5, 5.41) is 8.92. The second-order valence-electron chi connectivity index (χ2n) is 4.20. The number of nitriles is 1. The summed E-state index contributed by atoms with van der Waals surface area (Å²) < 4.78 is 0.809. The van der Waals surface area contributed by atoms with Gasteiger partial charge in [-0.1, -0.05) is 12.1 Å². The van der Waals surface area contributed by atoms with Crippen LogP contribution in [0, 0.1) is 17.2 Å². The largest absolute Gasteiger partial charge is 0.337 e. The summed E-state index contributed by atoms with van der Waals surface area (Å²) >= 11 is 3.38. The second-order valence-corrected chi connectivity index (χ2v) is 5.05. The minimum absolute atomic E-state index is 0.0115. The first kappa shape index (κ1) is 12.1. The lowest BCUT2D eigenvalue weighted by molar-refractivity contribution is 0.0698. The van der Waals surface area contributed by atoms with Gasteiger partial charge in [0.15, 0.2) is 0 Å². The summed E-state index contributed by atoms with van der Waals surface area (Å²) in [7, 11) is 0. The van der Waals surface area contributed by atoms with E-state index in [-0.39, 0.29) is 11.8 Å². The first-order valence-corrected chi connectivity index (χ1v) is 6.45. The SMILES string of the molecule is N#CC1CCCN(C(=O)c2ccccc2Br)C1. The molecule has 0 aliphatic carbocycles. The van der Waals surface area contributed by atoms with Crippen molar-refractivity contribution in [3.8, 4) is 6.07 Å². The molecule has 1 aromatic rings. The molecule has 1 unspecified atom stereocenters. The predicted molar refractivity (Wildman–Crippen MR) is 68.4 cm³/mol. The number of likely N-dealkylation sites (tertiary alicyclic amines) is 1. The minimum atomic E-state index is -0.0183. The molecule has 88 valence electrons. The number of nitrogens with zero attached hydrogens (tertiary/aromatic N) is 2. The van der Waals surface area contributed by atoms with Crippen molar-refractivity contribution in [3.05, 3.63) is 34.3 Å². The van der Waals surface area contributed by atoms with Crippen LogP contribution in [0.3, 0.4) is 0 Å². The standard InChI is InChI=1S/C13H13BrN2O/c14-12-6-2-1-5-11(12)13(17)16-7-3-4-10(8-15)9-16/h1-2,5-6,10H,3-4,7,9H2. The van der Waals surface area contributed by atoms with Crippen molar-refractivity contribution in [3.63, 3.8) is 0 Å². The summed E-state index contributed by atoms with van der Waals surface area (Å²) in [5.74, 6) is -0.00684. The van der Waals surface area contributed by atoms with Crippen LogP contribution in [0.4, 0.5) is 0 Å². The number of rotatable bonds is 1. The van der Waals surface area contributed by atoms with Crippen LogP contribution in [0.5, 0.6) is 0 Å². The molecule has 3 nitrogen and oxygen atoms in total. The van der Waals surface area contributed by atoms with Gasteiger partial charge in [0.2, 0.25) is 0 Å². The highest BCUT2D eigenvalue weighted by Crippen LogP contribution is 2.22. The second kappa shape index (κ2) is 5.33. The predicted octanol–water partition coefficient (Wildman–Crippen LogP) is 2.82. The van der Waals surface area contributed by atoms with Crippen molar-refractivity contribution in [2.45, 2.75) is 12.8 Å². The zero-order valence-corrected chi connectivity index (χ0v) is 11.0. The highest BCUT2D eigenvalue weighted by molar-refractivity contribution is 9.10. The molecule has 1 amide bonds. The number of amides is 1. The van der Waals surface area contributed by atoms with Gasteiger partial charge < -0.3 is 4.90 Å². The molecule has 1 aromatic carbocycles. The van der Waals surface area contributed by atoms with E-state index in [0.717, 1.165) is 23.9 Å². The Labute approximate surface area is 109 Å². The normalized spacial score (nSPS) is 19.8. The maximum absolute atomic E-state index is 12.3. The van der Waals surface area contributed by atoms with Gasteiger partial charge in [-0.25, -0.2) is 0 Å². The molecule has 1 atom stereocenters. The Hall–Kier alpha value is -1.34. The summed E-state index contributed by atoms with van der Waals surface area (Å²) in [6.45, 7) is 1.30. The van der Waals surface area contributed by atoms with Crippen molar-refractivity contribution in [1.82, 2.24) is 4.90 Å². The number of hydrogen-bond acceptors (Lipinski definition) is 2. The Balaban J connectivity index is 2.16. The first-order valence-electron chi connectivity index (χ1n) is 5.66. The molecule has 1 fully saturated rings. The third kappa shape index (κ3) is 2.67. The van der Waals surface area contributed by atoms with Crippen molar-refractivity contribution < 1.29 is 4.79 Å². The minimum Gasteiger partial charge on any atom is -0.337 e. The van der Waals surface area contributed by atoms with Gasteiger partial charge in [-0.05, 0) is 40.9 Å². The van der Waals surface area contributed by atoms with Gasteiger partial charge in [-0.15, -0.1) is 0 Å². The molecule has 4 heteroatoms. The van der Waals surface area contributed by atoms with Gasteiger partial charge in [0, 0.05) is 17.6 Å². The van der Waals surface area contributed by atoms with Crippen LogP contribution in [-0.4, -0.2) is 23.9 Å². The molecule has 0 spiro atoms. The third-order valence-electron chi connectivity index (χ3n) is 3.00. The fourth-order valence-corrected chi connectivity index (χ4v) is 2.53. The van der Waals surface area contributed by atoms with Gasteiger partial charge in [-0.3, -0.25) is 4.79 Å². The summed E-state index contributed by atoms with van der Waals surface area (Å²) in [6, 6.07) is 9.65. The van der Waals surface area contributed by atoms with Crippen molar-refractivity contribution in [1.29, 1.82) is 5.26 Å². The fraction of sp³-hybridized carbons (Fsp3) is 0.385. The van der Waals surface area contributed by atoms with Gasteiger partial charge >= 0.3 is 0 Å². The molecule has 1 heterocycles. The van der Waals surface area contributed by atoms with Gasteiger partial charge in [0.1, 0.15) is 0 Å². The summed E-state index contributed by atoms with van der Waals surface area (Å²) in [6.07, 6.45) is 1.81. The van der Waals surface area contributed by atoms with Crippen LogP contribution in [0.15, 0.2) is 28.7 Å². The number of hydrogen-bond donors (Lipinski definition) is 0. The van der Waals surface area contributed by atoms with Gasteiger partial charge in [0.05, 0.1) is 17.6 Å². The quantitative estimate of drug-likeness (QED) is 0.799. The number of piperidine rings is 1. The molecule has 0 bridgehead atoms. The molecule has 1 saturated heterocycles. The van der Waals surface area contributed by atoms with Crippen LogP contribution in [-0.2, 0) is 0 Å². The van der Waals surface area contributed by atoms with Crippen LogP contribution >= 0.6 is 15.9 Å². The Morgan fingerprint density at radius 1 is 1.47 bits per heavy atom. The van der Waals surface area contributed by atoms with Crippen molar-refractivity contribution >= 4 is 21.8 Å². The van der Waals surface area contributed by atoms with Gasteiger partial charge in [0.25, 0.3) is 5.91 Å². The number of carbonyl (C=O) groups is 1. The Morgan fingerprint density at radius 3 is 2.94 bits per heavy atom. The Morgan fingerprint density at radius 2 is 2.24 bits per heavy atom. The van der Waals surface area contributed by atoms with Crippen molar-refractivity contribution in [2.75, 3.05) is 13.1 Å². The lowest BCUT2D eigenvalue weighted by Gasteiger charge is -2.29. The zero-order chi connectivity index (χ0) is 12.3. The average molecular weight is 293 g/mol. The Bertz CT molecular complexity index is 467. The maximum atomic E-state index is 12.3. The zero-order valence-electron chi connectivity index (χ0n) is 9.40. The van der Waals surface area contributed by atoms with E-state index in [0.29, 0.717) is 12.1 Å². The van der Waals surface area contributed by atoms with E-state index in [9.17, 15) is 4.79 Å². The van der Waals surface area contributed by atoms with Crippen LogP contribution in [0.25, 0.3) is 0 Å². The smallest absolute Gasteiger partial charge is 0.255 e. The van der Waals surface area contributed by atoms with E-state index < -0.39 is 0 Å². The lowest BCUT2D eigenvalue weighted by atomic mass is 9.99. The van der Waals surface area contributed by atoms with Crippen LogP contribution in [0.1, 0.15) is 23.2 Å². The molecular weight excluding hydrogens is 280 g/mol. The fourth-order valence-electron chi connectivity index (χ4n) is 2.07. The number of carbonyl (C=O) groups excluding carboxylic acids is 1. The molecule has 2 rings (SSSR count). The molecule has 0 saturated carbocycles. The number of benzene rings is 1. The monoisotopic (exact) mass is 292 g/mol. The molecule has 0 aromatic heterocycles. The van der Waals surface area contributed by atoms with Crippen LogP contribution in [0.2, 0.25) is 0 Å².